The molecule has 0 spiro atoms. The van der Waals surface area contributed by atoms with Crippen molar-refractivity contribution in [1.29, 1.82) is 0 Å². The van der Waals surface area contributed by atoms with Crippen molar-refractivity contribution in [2.75, 3.05) is 0 Å². The molecule has 196 valence electrons. The maximum absolute atomic E-state index is 2.69. The largest absolute Gasteiger partial charge is 0.0885 e. The van der Waals surface area contributed by atoms with E-state index < -0.39 is 0 Å². The fourth-order valence-corrected chi connectivity index (χ4v) is 6.50. The van der Waals surface area contributed by atoms with Gasteiger partial charge in [-0.15, -0.1) is 0 Å². The number of allylic oxidation sites excluding steroid dienone is 6. The lowest BCUT2D eigenvalue weighted by molar-refractivity contribution is 0.290. The van der Waals surface area contributed by atoms with Crippen LogP contribution in [0.2, 0.25) is 0 Å². The average Bonchev–Trinajstić information content (AvgIpc) is 2.88. The van der Waals surface area contributed by atoms with E-state index in [4.69, 9.17) is 0 Å². The minimum Gasteiger partial charge on any atom is -0.0885 e. The molecule has 0 aromatic carbocycles. The van der Waals surface area contributed by atoms with Gasteiger partial charge in [-0.2, -0.15) is 0 Å². The Hall–Kier alpha value is -0.780. The van der Waals surface area contributed by atoms with E-state index in [0.29, 0.717) is 5.41 Å². The maximum atomic E-state index is 2.69. The van der Waals surface area contributed by atoms with Gasteiger partial charge >= 0.3 is 0 Å². The van der Waals surface area contributed by atoms with E-state index in [9.17, 15) is 0 Å². The molecule has 0 aromatic rings. The quantitative estimate of drug-likeness (QED) is 0.123. The monoisotopic (exact) mass is 468 g/mol. The molecule has 0 amide bonds. The zero-order valence-corrected chi connectivity index (χ0v) is 23.4. The normalized spacial score (nSPS) is 23.0. The van der Waals surface area contributed by atoms with E-state index in [-0.39, 0.29) is 0 Å². The van der Waals surface area contributed by atoms with E-state index in [0.717, 1.165) is 5.92 Å². The number of unbranched alkanes of at least 4 members (excludes halogenated alkanes) is 13. The van der Waals surface area contributed by atoms with Gasteiger partial charge in [0.15, 0.2) is 0 Å². The van der Waals surface area contributed by atoms with Gasteiger partial charge in [0.1, 0.15) is 0 Å². The van der Waals surface area contributed by atoms with Crippen molar-refractivity contribution in [3.63, 3.8) is 0 Å². The van der Waals surface area contributed by atoms with Crippen LogP contribution in [0.3, 0.4) is 0 Å². The minimum atomic E-state index is 0.432. The summed E-state index contributed by atoms with van der Waals surface area (Å²) in [5.74, 6) is 0.880. The summed E-state index contributed by atoms with van der Waals surface area (Å²) in [4.78, 5) is 0. The Morgan fingerprint density at radius 1 is 0.735 bits per heavy atom. The third-order valence-corrected chi connectivity index (χ3v) is 8.61. The zero-order valence-electron chi connectivity index (χ0n) is 23.4. The first-order valence-electron chi connectivity index (χ1n) is 15.9. The molecule has 0 bridgehead atoms. The highest BCUT2D eigenvalue weighted by Crippen LogP contribution is 2.49. The first-order chi connectivity index (χ1) is 16.8. The van der Waals surface area contributed by atoms with Gasteiger partial charge < -0.3 is 0 Å². The van der Waals surface area contributed by atoms with Crippen LogP contribution < -0.4 is 0 Å². The fraction of sp³-hybridized carbons (Fsp3) is 0.824. The molecule has 0 heteroatoms. The summed E-state index contributed by atoms with van der Waals surface area (Å²) < 4.78 is 0. The second-order valence-electron chi connectivity index (χ2n) is 11.6. The summed E-state index contributed by atoms with van der Waals surface area (Å²) in [5, 5.41) is 0. The van der Waals surface area contributed by atoms with Crippen LogP contribution in [-0.4, -0.2) is 0 Å². The predicted octanol–water partition coefficient (Wildman–Crippen LogP) is 12.1. The lowest BCUT2D eigenvalue weighted by Gasteiger charge is -2.42. The van der Waals surface area contributed by atoms with Gasteiger partial charge in [0.2, 0.25) is 0 Å². The average molecular weight is 469 g/mol. The zero-order chi connectivity index (χ0) is 24.2. The van der Waals surface area contributed by atoms with Crippen LogP contribution in [0.4, 0.5) is 0 Å². The molecule has 0 saturated heterocycles. The van der Waals surface area contributed by atoms with Gasteiger partial charge in [0.05, 0.1) is 0 Å². The highest BCUT2D eigenvalue weighted by atomic mass is 14.4. The molecular weight excluding hydrogens is 408 g/mol. The van der Waals surface area contributed by atoms with Crippen LogP contribution in [0.5, 0.6) is 0 Å². The van der Waals surface area contributed by atoms with Crippen LogP contribution in [0.25, 0.3) is 0 Å². The van der Waals surface area contributed by atoms with Crippen molar-refractivity contribution in [1.82, 2.24) is 0 Å². The SMILES string of the molecule is CCCCCCCCC=CCCCCCCCCC1CCCC=C1C1(CCCC)C=CCCC1. The molecule has 2 aliphatic carbocycles. The van der Waals surface area contributed by atoms with Gasteiger partial charge in [0, 0.05) is 5.41 Å². The molecule has 0 radical (unpaired) electrons. The molecular formula is C34H60. The van der Waals surface area contributed by atoms with Gasteiger partial charge in [-0.3, -0.25) is 0 Å². The van der Waals surface area contributed by atoms with E-state index in [2.05, 4.69) is 44.2 Å². The molecule has 0 fully saturated rings. The van der Waals surface area contributed by atoms with Gasteiger partial charge in [-0.1, -0.05) is 127 Å². The third-order valence-electron chi connectivity index (χ3n) is 8.61. The van der Waals surface area contributed by atoms with Crippen molar-refractivity contribution < 1.29 is 0 Å². The van der Waals surface area contributed by atoms with E-state index in [1.807, 2.05) is 5.57 Å². The van der Waals surface area contributed by atoms with E-state index in [1.165, 1.54) is 154 Å². The Morgan fingerprint density at radius 2 is 1.38 bits per heavy atom. The Balaban J connectivity index is 1.54. The Kier molecular flexibility index (Phi) is 16.8. The Morgan fingerprint density at radius 3 is 2.03 bits per heavy atom. The molecule has 0 heterocycles. The third kappa shape index (κ3) is 11.8. The molecule has 2 rings (SSSR count). The van der Waals surface area contributed by atoms with Gasteiger partial charge in [0.25, 0.3) is 0 Å². The van der Waals surface area contributed by atoms with Crippen LogP contribution in [0.15, 0.2) is 36.0 Å². The number of rotatable bonds is 20. The molecule has 0 aliphatic heterocycles. The second-order valence-corrected chi connectivity index (χ2v) is 11.6. The number of hydrogen-bond acceptors (Lipinski definition) is 0. The number of hydrogen-bond donors (Lipinski definition) is 0. The Bertz CT molecular complexity index is 565. The molecule has 2 unspecified atom stereocenters. The van der Waals surface area contributed by atoms with Gasteiger partial charge in [-0.05, 0) is 83.0 Å². The minimum absolute atomic E-state index is 0.432. The summed E-state index contributed by atoms with van der Waals surface area (Å²) in [6.07, 6.45) is 46.4. The first-order valence-corrected chi connectivity index (χ1v) is 15.9. The molecule has 2 aliphatic rings. The lowest BCUT2D eigenvalue weighted by Crippen LogP contribution is -2.29. The molecule has 0 saturated carbocycles. The summed E-state index contributed by atoms with van der Waals surface area (Å²) in [6, 6.07) is 0. The van der Waals surface area contributed by atoms with Crippen LogP contribution in [0, 0.1) is 11.3 Å². The molecule has 2 atom stereocenters. The maximum Gasteiger partial charge on any atom is 0.00936 e. The highest BCUT2D eigenvalue weighted by molar-refractivity contribution is 5.27. The second kappa shape index (κ2) is 19.4. The molecule has 0 nitrogen and oxygen atoms in total. The van der Waals surface area contributed by atoms with Crippen molar-refractivity contribution in [3.05, 3.63) is 36.0 Å². The highest BCUT2D eigenvalue weighted by Gasteiger charge is 2.36. The molecule has 34 heavy (non-hydrogen) atoms. The summed E-state index contributed by atoms with van der Waals surface area (Å²) >= 11 is 0. The predicted molar refractivity (Wildman–Crippen MR) is 154 cm³/mol. The van der Waals surface area contributed by atoms with Crippen molar-refractivity contribution in [3.8, 4) is 0 Å². The van der Waals surface area contributed by atoms with Crippen molar-refractivity contribution in [2.45, 2.75) is 168 Å². The standard InChI is InChI=1S/C34H60/c1-3-5-7-8-9-10-11-12-13-14-15-16-17-18-19-21-26-32-27-22-23-28-33(32)34(29-6-4-2)30-24-20-25-31-34/h12-13,24,28,30,32H,3-11,14-23,25-27,29,31H2,1-2H3. The topological polar surface area (TPSA) is 0 Å². The molecule has 0 aromatic heterocycles. The molecule has 0 N–H and O–H groups in total. The summed E-state index contributed by atoms with van der Waals surface area (Å²) in [7, 11) is 0. The van der Waals surface area contributed by atoms with Crippen molar-refractivity contribution >= 4 is 0 Å². The fourth-order valence-electron chi connectivity index (χ4n) is 6.50. The van der Waals surface area contributed by atoms with E-state index >= 15 is 0 Å². The summed E-state index contributed by atoms with van der Waals surface area (Å²) in [6.45, 7) is 4.66. The van der Waals surface area contributed by atoms with Gasteiger partial charge in [-0.25, -0.2) is 0 Å². The smallest absolute Gasteiger partial charge is 0.00936 e. The van der Waals surface area contributed by atoms with Crippen LogP contribution in [0.1, 0.15) is 168 Å². The lowest BCUT2D eigenvalue weighted by atomic mass is 9.63. The summed E-state index contributed by atoms with van der Waals surface area (Å²) in [5.41, 5.74) is 2.30. The Labute approximate surface area is 215 Å². The van der Waals surface area contributed by atoms with Crippen molar-refractivity contribution in [2.24, 2.45) is 11.3 Å². The van der Waals surface area contributed by atoms with Crippen LogP contribution in [-0.2, 0) is 0 Å². The van der Waals surface area contributed by atoms with E-state index in [1.54, 1.807) is 0 Å². The first kappa shape index (κ1) is 29.5. The van der Waals surface area contributed by atoms with Crippen LogP contribution >= 0.6 is 0 Å².